The second-order valence-electron chi connectivity index (χ2n) is 4.79. The highest BCUT2D eigenvalue weighted by Crippen LogP contribution is 2.33. The highest BCUT2D eigenvalue weighted by atomic mass is 14.9. The lowest BCUT2D eigenvalue weighted by Crippen LogP contribution is -1.92. The van der Waals surface area contributed by atoms with Gasteiger partial charge < -0.3 is 10.7 Å². The summed E-state index contributed by atoms with van der Waals surface area (Å²) >= 11 is 0. The van der Waals surface area contributed by atoms with Crippen LogP contribution in [0.5, 0.6) is 0 Å². The van der Waals surface area contributed by atoms with Gasteiger partial charge in [-0.15, -0.1) is 0 Å². The first-order valence-corrected chi connectivity index (χ1v) is 6.24. The van der Waals surface area contributed by atoms with E-state index in [1.807, 2.05) is 30.5 Å². The van der Waals surface area contributed by atoms with Crippen molar-refractivity contribution >= 4 is 5.69 Å². The minimum Gasteiger partial charge on any atom is -0.399 e. The van der Waals surface area contributed by atoms with E-state index in [4.69, 9.17) is 5.73 Å². The van der Waals surface area contributed by atoms with Crippen LogP contribution in [-0.2, 0) is 0 Å². The number of H-pyrrole nitrogens is 1. The van der Waals surface area contributed by atoms with Crippen molar-refractivity contribution in [2.45, 2.75) is 31.6 Å². The van der Waals surface area contributed by atoms with E-state index in [0.29, 0.717) is 5.92 Å². The number of aromatic nitrogens is 2. The molecule has 1 aliphatic carbocycles. The quantitative estimate of drug-likeness (QED) is 0.773. The molecule has 1 aromatic heterocycles. The van der Waals surface area contributed by atoms with Crippen molar-refractivity contribution in [2.24, 2.45) is 0 Å². The molecule has 3 N–H and O–H groups in total. The third-order valence-corrected chi connectivity index (χ3v) is 3.55. The molecule has 0 spiro atoms. The van der Waals surface area contributed by atoms with Gasteiger partial charge in [-0.3, -0.25) is 0 Å². The van der Waals surface area contributed by atoms with Crippen LogP contribution in [0.3, 0.4) is 0 Å². The molecule has 17 heavy (non-hydrogen) atoms. The van der Waals surface area contributed by atoms with Crippen LogP contribution in [0, 0.1) is 0 Å². The molecule has 0 saturated heterocycles. The van der Waals surface area contributed by atoms with Gasteiger partial charge in [0.25, 0.3) is 0 Å². The van der Waals surface area contributed by atoms with Gasteiger partial charge in [-0.25, -0.2) is 4.98 Å². The Morgan fingerprint density at radius 1 is 1.24 bits per heavy atom. The molecule has 1 aliphatic rings. The number of nitrogens with two attached hydrogens (primary N) is 1. The van der Waals surface area contributed by atoms with E-state index < -0.39 is 0 Å². The Bertz CT molecular complexity index is 510. The van der Waals surface area contributed by atoms with Crippen LogP contribution in [0.2, 0.25) is 0 Å². The van der Waals surface area contributed by atoms with Gasteiger partial charge in [0.1, 0.15) is 5.82 Å². The van der Waals surface area contributed by atoms with E-state index in [0.717, 1.165) is 17.1 Å². The number of benzene rings is 1. The first-order valence-electron chi connectivity index (χ1n) is 6.24. The molecule has 1 fully saturated rings. The molecule has 0 aliphatic heterocycles. The number of aromatic amines is 1. The summed E-state index contributed by atoms with van der Waals surface area (Å²) in [4.78, 5) is 7.89. The van der Waals surface area contributed by atoms with Crippen LogP contribution in [-0.4, -0.2) is 9.97 Å². The normalized spacial score (nSPS) is 16.5. The zero-order valence-electron chi connectivity index (χ0n) is 9.82. The van der Waals surface area contributed by atoms with Crippen molar-refractivity contribution in [3.8, 4) is 11.4 Å². The third kappa shape index (κ3) is 2.05. The smallest absolute Gasteiger partial charge is 0.137 e. The topological polar surface area (TPSA) is 54.7 Å². The average molecular weight is 227 g/mol. The predicted molar refractivity (Wildman–Crippen MR) is 69.6 cm³/mol. The summed E-state index contributed by atoms with van der Waals surface area (Å²) in [5.74, 6) is 1.61. The Labute approximate surface area is 101 Å². The number of imidazole rings is 1. The minimum atomic E-state index is 0.678. The van der Waals surface area contributed by atoms with Crippen LogP contribution < -0.4 is 5.73 Å². The van der Waals surface area contributed by atoms with Crippen molar-refractivity contribution in [3.05, 3.63) is 36.2 Å². The number of nitrogen functional groups attached to an aromatic ring is 1. The number of hydrogen-bond acceptors (Lipinski definition) is 2. The maximum Gasteiger partial charge on any atom is 0.137 e. The average Bonchev–Trinajstić information content (AvgIpc) is 3.00. The maximum absolute atomic E-state index is 5.78. The second kappa shape index (κ2) is 4.24. The van der Waals surface area contributed by atoms with Gasteiger partial charge in [-0.2, -0.15) is 0 Å². The fourth-order valence-corrected chi connectivity index (χ4v) is 2.61. The zero-order chi connectivity index (χ0) is 11.7. The summed E-state index contributed by atoms with van der Waals surface area (Å²) in [5.41, 5.74) is 8.90. The van der Waals surface area contributed by atoms with Crippen molar-refractivity contribution in [1.29, 1.82) is 0 Å². The van der Waals surface area contributed by atoms with Crippen LogP contribution in [0.15, 0.2) is 30.5 Å². The lowest BCUT2D eigenvalue weighted by atomic mass is 10.1. The zero-order valence-corrected chi connectivity index (χ0v) is 9.82. The summed E-state index contributed by atoms with van der Waals surface area (Å²) in [7, 11) is 0. The molecule has 3 nitrogen and oxygen atoms in total. The number of nitrogens with one attached hydrogen (secondary N) is 1. The molecule has 1 aromatic carbocycles. The molecule has 0 bridgehead atoms. The van der Waals surface area contributed by atoms with Crippen LogP contribution in [0.25, 0.3) is 11.4 Å². The number of anilines is 1. The van der Waals surface area contributed by atoms with Gasteiger partial charge in [-0.1, -0.05) is 25.0 Å². The van der Waals surface area contributed by atoms with Gasteiger partial charge in [0.2, 0.25) is 0 Å². The van der Waals surface area contributed by atoms with Gasteiger partial charge in [0.15, 0.2) is 0 Å². The predicted octanol–water partition coefficient (Wildman–Crippen LogP) is 3.32. The van der Waals surface area contributed by atoms with Crippen molar-refractivity contribution < 1.29 is 0 Å². The van der Waals surface area contributed by atoms with E-state index >= 15 is 0 Å². The van der Waals surface area contributed by atoms with E-state index in [1.165, 1.54) is 31.4 Å². The highest BCUT2D eigenvalue weighted by Gasteiger charge is 2.19. The van der Waals surface area contributed by atoms with E-state index in [9.17, 15) is 0 Å². The van der Waals surface area contributed by atoms with Crippen LogP contribution in [0.4, 0.5) is 5.69 Å². The lowest BCUT2D eigenvalue weighted by Gasteiger charge is -2.04. The highest BCUT2D eigenvalue weighted by molar-refractivity contribution is 5.61. The van der Waals surface area contributed by atoms with Gasteiger partial charge in [0, 0.05) is 29.1 Å². The van der Waals surface area contributed by atoms with Gasteiger partial charge in [0.05, 0.1) is 0 Å². The number of rotatable bonds is 2. The van der Waals surface area contributed by atoms with E-state index in [-0.39, 0.29) is 0 Å². The first-order chi connectivity index (χ1) is 8.33. The second-order valence-corrected chi connectivity index (χ2v) is 4.79. The summed E-state index contributed by atoms with van der Waals surface area (Å²) in [6, 6.07) is 7.84. The summed E-state index contributed by atoms with van der Waals surface area (Å²) in [6.07, 6.45) is 7.25. The molecular weight excluding hydrogens is 210 g/mol. The monoisotopic (exact) mass is 227 g/mol. The SMILES string of the molecule is Nc1cccc(-c2ncc(C3CCCC3)[nH]2)c1. The largest absolute Gasteiger partial charge is 0.399 e. The standard InChI is InChI=1S/C14H17N3/c15-12-7-3-6-11(8-12)14-16-9-13(17-14)10-4-1-2-5-10/h3,6-10H,1-2,4-5,15H2,(H,16,17). The summed E-state index contributed by atoms with van der Waals surface area (Å²) in [5, 5.41) is 0. The molecule has 1 heterocycles. The van der Waals surface area contributed by atoms with Crippen molar-refractivity contribution in [1.82, 2.24) is 9.97 Å². The molecular formula is C14H17N3. The Hall–Kier alpha value is -1.77. The minimum absolute atomic E-state index is 0.678. The van der Waals surface area contributed by atoms with Crippen molar-refractivity contribution in [3.63, 3.8) is 0 Å². The molecule has 3 heteroatoms. The fraction of sp³-hybridized carbons (Fsp3) is 0.357. The Kier molecular flexibility index (Phi) is 2.59. The molecule has 88 valence electrons. The summed E-state index contributed by atoms with van der Waals surface area (Å²) < 4.78 is 0. The Balaban J connectivity index is 1.89. The molecule has 0 atom stereocenters. The molecule has 0 radical (unpaired) electrons. The van der Waals surface area contributed by atoms with Gasteiger partial charge >= 0.3 is 0 Å². The molecule has 1 saturated carbocycles. The lowest BCUT2D eigenvalue weighted by molar-refractivity contribution is 0.703. The third-order valence-electron chi connectivity index (χ3n) is 3.55. The first kappa shape index (κ1) is 10.4. The van der Waals surface area contributed by atoms with Gasteiger partial charge in [-0.05, 0) is 25.0 Å². The van der Waals surface area contributed by atoms with Crippen molar-refractivity contribution in [2.75, 3.05) is 5.73 Å². The molecule has 0 unspecified atom stereocenters. The Morgan fingerprint density at radius 2 is 2.06 bits per heavy atom. The summed E-state index contributed by atoms with van der Waals surface area (Å²) in [6.45, 7) is 0. The van der Waals surface area contributed by atoms with E-state index in [2.05, 4.69) is 9.97 Å². The number of nitrogens with zero attached hydrogens (tertiary/aromatic N) is 1. The fourth-order valence-electron chi connectivity index (χ4n) is 2.61. The molecule has 0 amide bonds. The maximum atomic E-state index is 5.78. The number of hydrogen-bond donors (Lipinski definition) is 2. The van der Waals surface area contributed by atoms with Crippen LogP contribution in [0.1, 0.15) is 37.3 Å². The van der Waals surface area contributed by atoms with E-state index in [1.54, 1.807) is 0 Å². The van der Waals surface area contributed by atoms with Crippen LogP contribution >= 0.6 is 0 Å². The molecule has 3 rings (SSSR count). The molecule has 2 aromatic rings. The Morgan fingerprint density at radius 3 is 2.82 bits per heavy atom.